The van der Waals surface area contributed by atoms with Gasteiger partial charge < -0.3 is 5.11 Å². The molecule has 14 heavy (non-hydrogen) atoms. The van der Waals surface area contributed by atoms with Crippen LogP contribution < -0.4 is 5.43 Å². The van der Waals surface area contributed by atoms with Gasteiger partial charge in [-0.2, -0.15) is 0 Å². The molecule has 2 N–H and O–H groups in total. The molecule has 0 saturated heterocycles. The summed E-state index contributed by atoms with van der Waals surface area (Å²) in [7, 11) is 0. The molecular formula is C8H14N2O4. The van der Waals surface area contributed by atoms with Crippen LogP contribution >= 0.6 is 0 Å². The molecule has 6 nitrogen and oxygen atoms in total. The SMILES string of the molecule is CCN(C=O)NC(=O)CC(C)C(=O)O. The predicted octanol–water partition coefficient (Wildman–Crippen LogP) is -0.393. The summed E-state index contributed by atoms with van der Waals surface area (Å²) in [5.41, 5.74) is 2.27. The number of carboxylic acids is 1. The summed E-state index contributed by atoms with van der Waals surface area (Å²) in [4.78, 5) is 31.8. The first kappa shape index (κ1) is 12.4. The Hall–Kier alpha value is -1.59. The number of nitrogens with one attached hydrogen (secondary N) is 1. The maximum Gasteiger partial charge on any atom is 0.306 e. The molecule has 0 aromatic heterocycles. The molecule has 6 heteroatoms. The minimum atomic E-state index is -1.03. The third kappa shape index (κ3) is 4.44. The zero-order valence-corrected chi connectivity index (χ0v) is 8.19. The van der Waals surface area contributed by atoms with E-state index in [0.29, 0.717) is 13.0 Å². The van der Waals surface area contributed by atoms with Crippen LogP contribution in [-0.4, -0.2) is 34.9 Å². The molecule has 0 bridgehead atoms. The molecule has 0 fully saturated rings. The molecule has 0 rings (SSSR count). The number of hydrogen-bond donors (Lipinski definition) is 2. The zero-order valence-electron chi connectivity index (χ0n) is 8.19. The van der Waals surface area contributed by atoms with Crippen LogP contribution in [0.3, 0.4) is 0 Å². The molecule has 0 saturated carbocycles. The van der Waals surface area contributed by atoms with Crippen molar-refractivity contribution in [2.75, 3.05) is 6.54 Å². The summed E-state index contributed by atoms with van der Waals surface area (Å²) in [6.07, 6.45) is 0.336. The van der Waals surface area contributed by atoms with E-state index in [1.165, 1.54) is 6.92 Å². The number of hydrogen-bond acceptors (Lipinski definition) is 3. The van der Waals surface area contributed by atoms with Crippen LogP contribution in [-0.2, 0) is 14.4 Å². The van der Waals surface area contributed by atoms with E-state index in [4.69, 9.17) is 5.11 Å². The van der Waals surface area contributed by atoms with Gasteiger partial charge in [-0.15, -0.1) is 0 Å². The standard InChI is InChI=1S/C8H14N2O4/c1-3-10(5-11)9-7(12)4-6(2)8(13)14/h5-6H,3-4H2,1-2H3,(H,9,12)(H,13,14). The minimum Gasteiger partial charge on any atom is -0.481 e. The van der Waals surface area contributed by atoms with Crippen LogP contribution in [0, 0.1) is 5.92 Å². The molecule has 0 aromatic carbocycles. The number of carbonyl (C=O) groups excluding carboxylic acids is 2. The smallest absolute Gasteiger partial charge is 0.306 e. The normalized spacial score (nSPS) is 11.6. The number of nitrogens with zero attached hydrogens (tertiary/aromatic N) is 1. The van der Waals surface area contributed by atoms with Gasteiger partial charge in [0.25, 0.3) is 0 Å². The molecule has 0 aliphatic heterocycles. The number of aliphatic carboxylic acids is 1. The van der Waals surface area contributed by atoms with E-state index in [-0.39, 0.29) is 6.42 Å². The fourth-order valence-corrected chi connectivity index (χ4v) is 0.751. The van der Waals surface area contributed by atoms with Gasteiger partial charge in [0.15, 0.2) is 0 Å². The average molecular weight is 202 g/mol. The Morgan fingerprint density at radius 3 is 2.50 bits per heavy atom. The van der Waals surface area contributed by atoms with E-state index in [1.807, 2.05) is 0 Å². The van der Waals surface area contributed by atoms with Crippen molar-refractivity contribution in [2.45, 2.75) is 20.3 Å². The van der Waals surface area contributed by atoms with Crippen molar-refractivity contribution >= 4 is 18.3 Å². The first-order valence-corrected chi connectivity index (χ1v) is 4.25. The highest BCUT2D eigenvalue weighted by Crippen LogP contribution is 2.00. The number of rotatable bonds is 6. The van der Waals surface area contributed by atoms with Crippen LogP contribution in [0.5, 0.6) is 0 Å². The number of carbonyl (C=O) groups is 3. The van der Waals surface area contributed by atoms with E-state index in [9.17, 15) is 14.4 Å². The minimum absolute atomic E-state index is 0.139. The molecular weight excluding hydrogens is 188 g/mol. The van der Waals surface area contributed by atoms with Crippen molar-refractivity contribution in [1.82, 2.24) is 10.4 Å². The van der Waals surface area contributed by atoms with Crippen LogP contribution in [0.4, 0.5) is 0 Å². The van der Waals surface area contributed by atoms with Crippen molar-refractivity contribution in [3.8, 4) is 0 Å². The van der Waals surface area contributed by atoms with Gasteiger partial charge in [-0.3, -0.25) is 24.8 Å². The molecule has 1 unspecified atom stereocenters. The topological polar surface area (TPSA) is 86.7 Å². The number of amides is 2. The predicted molar refractivity (Wildman–Crippen MR) is 48.0 cm³/mol. The summed E-state index contributed by atoms with van der Waals surface area (Å²) in [6, 6.07) is 0. The second kappa shape index (κ2) is 5.95. The van der Waals surface area contributed by atoms with E-state index < -0.39 is 17.8 Å². The Balaban J connectivity index is 3.97. The molecule has 0 aromatic rings. The first-order chi connectivity index (χ1) is 6.51. The van der Waals surface area contributed by atoms with E-state index >= 15 is 0 Å². The lowest BCUT2D eigenvalue weighted by Gasteiger charge is -2.16. The summed E-state index contributed by atoms with van der Waals surface area (Å²) >= 11 is 0. The quantitative estimate of drug-likeness (QED) is 0.453. The Morgan fingerprint density at radius 1 is 1.57 bits per heavy atom. The summed E-state index contributed by atoms with van der Waals surface area (Å²) in [6.45, 7) is 3.46. The van der Waals surface area contributed by atoms with Gasteiger partial charge in [0.2, 0.25) is 12.3 Å². The van der Waals surface area contributed by atoms with Crippen LogP contribution in [0.1, 0.15) is 20.3 Å². The monoisotopic (exact) mass is 202 g/mol. The Morgan fingerprint density at radius 2 is 2.14 bits per heavy atom. The van der Waals surface area contributed by atoms with Gasteiger partial charge in [-0.1, -0.05) is 6.92 Å². The van der Waals surface area contributed by atoms with Crippen molar-refractivity contribution in [3.63, 3.8) is 0 Å². The van der Waals surface area contributed by atoms with Gasteiger partial charge in [-0.05, 0) is 6.92 Å². The Bertz CT molecular complexity index is 223. The largest absolute Gasteiger partial charge is 0.481 e. The third-order valence-corrected chi connectivity index (χ3v) is 1.65. The molecule has 2 amide bonds. The van der Waals surface area contributed by atoms with Crippen molar-refractivity contribution in [3.05, 3.63) is 0 Å². The first-order valence-electron chi connectivity index (χ1n) is 4.25. The highest BCUT2D eigenvalue weighted by Gasteiger charge is 2.16. The Labute approximate surface area is 81.9 Å². The van der Waals surface area contributed by atoms with Crippen molar-refractivity contribution in [1.29, 1.82) is 0 Å². The molecule has 80 valence electrons. The summed E-state index contributed by atoms with van der Waals surface area (Å²) < 4.78 is 0. The van der Waals surface area contributed by atoms with Crippen LogP contribution in [0.15, 0.2) is 0 Å². The van der Waals surface area contributed by atoms with Gasteiger partial charge in [-0.25, -0.2) is 0 Å². The van der Waals surface area contributed by atoms with Crippen LogP contribution in [0.2, 0.25) is 0 Å². The second-order valence-corrected chi connectivity index (χ2v) is 2.87. The fourth-order valence-electron chi connectivity index (χ4n) is 0.751. The lowest BCUT2D eigenvalue weighted by Crippen LogP contribution is -2.41. The van der Waals surface area contributed by atoms with Gasteiger partial charge >= 0.3 is 5.97 Å². The molecule has 0 heterocycles. The Kier molecular flexibility index (Phi) is 5.28. The van der Waals surface area contributed by atoms with E-state index in [2.05, 4.69) is 5.43 Å². The third-order valence-electron chi connectivity index (χ3n) is 1.65. The van der Waals surface area contributed by atoms with Crippen molar-refractivity contribution < 1.29 is 19.5 Å². The average Bonchev–Trinajstić information content (AvgIpc) is 2.13. The maximum absolute atomic E-state index is 11.1. The highest BCUT2D eigenvalue weighted by molar-refractivity contribution is 5.82. The molecule has 0 spiro atoms. The number of hydrazine groups is 1. The molecule has 1 atom stereocenters. The second-order valence-electron chi connectivity index (χ2n) is 2.87. The lowest BCUT2D eigenvalue weighted by atomic mass is 10.1. The van der Waals surface area contributed by atoms with E-state index in [1.54, 1.807) is 6.92 Å². The van der Waals surface area contributed by atoms with Gasteiger partial charge in [0, 0.05) is 13.0 Å². The summed E-state index contributed by atoms with van der Waals surface area (Å²) in [5, 5.41) is 9.57. The molecule has 0 radical (unpaired) electrons. The zero-order chi connectivity index (χ0) is 11.1. The fraction of sp³-hybridized carbons (Fsp3) is 0.625. The van der Waals surface area contributed by atoms with Crippen LogP contribution in [0.25, 0.3) is 0 Å². The summed E-state index contributed by atoms with van der Waals surface area (Å²) in [5.74, 6) is -2.26. The lowest BCUT2D eigenvalue weighted by molar-refractivity contribution is -0.144. The van der Waals surface area contributed by atoms with Crippen molar-refractivity contribution in [2.24, 2.45) is 5.92 Å². The molecule has 0 aliphatic carbocycles. The number of carboxylic acid groups (broad SMARTS) is 1. The van der Waals surface area contributed by atoms with Gasteiger partial charge in [0.05, 0.1) is 5.92 Å². The maximum atomic E-state index is 11.1. The molecule has 0 aliphatic rings. The highest BCUT2D eigenvalue weighted by atomic mass is 16.4. The van der Waals surface area contributed by atoms with Gasteiger partial charge in [0.1, 0.15) is 0 Å². The van der Waals surface area contributed by atoms with E-state index in [0.717, 1.165) is 5.01 Å².